The van der Waals surface area contributed by atoms with Crippen molar-refractivity contribution in [2.45, 2.75) is 26.2 Å². The van der Waals surface area contributed by atoms with E-state index in [4.69, 9.17) is 10.00 Å². The van der Waals surface area contributed by atoms with Gasteiger partial charge in [0.2, 0.25) is 0 Å². The molecule has 1 fully saturated rings. The Morgan fingerprint density at radius 2 is 2.25 bits per heavy atom. The van der Waals surface area contributed by atoms with Gasteiger partial charge in [-0.2, -0.15) is 5.26 Å². The zero-order valence-electron chi connectivity index (χ0n) is 11.1. The van der Waals surface area contributed by atoms with E-state index >= 15 is 0 Å². The monoisotopic (exact) mass is 274 g/mol. The van der Waals surface area contributed by atoms with E-state index in [2.05, 4.69) is 6.07 Å². The van der Waals surface area contributed by atoms with Crippen LogP contribution < -0.4 is 0 Å². The minimum Gasteiger partial charge on any atom is -0.461 e. The number of nitro benzene ring substituents is 1. The number of carbonyl (C=O) groups is 1. The number of nitrogens with zero attached hydrogens (tertiary/aromatic N) is 2. The second-order valence-electron chi connectivity index (χ2n) is 5.17. The van der Waals surface area contributed by atoms with Gasteiger partial charge in [-0.15, -0.1) is 0 Å². The molecule has 2 rings (SSSR count). The molecule has 0 N–H and O–H groups in total. The van der Waals surface area contributed by atoms with Crippen LogP contribution in [-0.4, -0.2) is 17.5 Å². The summed E-state index contributed by atoms with van der Waals surface area (Å²) in [4.78, 5) is 22.1. The van der Waals surface area contributed by atoms with Crippen molar-refractivity contribution in [1.82, 2.24) is 0 Å². The molecule has 0 spiro atoms. The molecule has 0 radical (unpaired) electrons. The molecule has 20 heavy (non-hydrogen) atoms. The van der Waals surface area contributed by atoms with Gasteiger partial charge in [-0.05, 0) is 31.9 Å². The maximum Gasteiger partial charge on any atom is 0.338 e. The number of hydrogen-bond acceptors (Lipinski definition) is 5. The van der Waals surface area contributed by atoms with Crippen molar-refractivity contribution in [3.63, 3.8) is 0 Å². The zero-order chi connectivity index (χ0) is 14.8. The molecular weight excluding hydrogens is 260 g/mol. The lowest BCUT2D eigenvalue weighted by Crippen LogP contribution is -2.15. The fraction of sp³-hybridized carbons (Fsp3) is 0.429. The minimum atomic E-state index is -0.507. The molecule has 104 valence electrons. The third-order valence-corrected chi connectivity index (χ3v) is 3.55. The number of rotatable bonds is 5. The van der Waals surface area contributed by atoms with E-state index in [0.717, 1.165) is 12.8 Å². The van der Waals surface area contributed by atoms with Gasteiger partial charge in [0.1, 0.15) is 0 Å². The smallest absolute Gasteiger partial charge is 0.338 e. The second kappa shape index (κ2) is 5.29. The van der Waals surface area contributed by atoms with E-state index in [0.29, 0.717) is 17.5 Å². The Balaban J connectivity index is 2.01. The largest absolute Gasteiger partial charge is 0.461 e. The van der Waals surface area contributed by atoms with Crippen molar-refractivity contribution in [3.05, 3.63) is 39.4 Å². The number of benzene rings is 1. The average molecular weight is 274 g/mol. The lowest BCUT2D eigenvalue weighted by molar-refractivity contribution is -0.385. The van der Waals surface area contributed by atoms with E-state index < -0.39 is 10.9 Å². The summed E-state index contributed by atoms with van der Waals surface area (Å²) in [6, 6.07) is 6.23. The van der Waals surface area contributed by atoms with Crippen LogP contribution in [0.4, 0.5) is 5.69 Å². The van der Waals surface area contributed by atoms with Crippen LogP contribution in [-0.2, 0) is 4.74 Å². The van der Waals surface area contributed by atoms with Gasteiger partial charge in [-0.1, -0.05) is 0 Å². The topological polar surface area (TPSA) is 93.2 Å². The predicted octanol–water partition coefficient (Wildman–Crippen LogP) is 2.75. The van der Waals surface area contributed by atoms with Gasteiger partial charge in [0.05, 0.1) is 23.2 Å². The fourth-order valence-corrected chi connectivity index (χ4v) is 2.01. The Hall–Kier alpha value is -2.42. The maximum atomic E-state index is 11.9. The number of nitriles is 1. The Morgan fingerprint density at radius 1 is 1.55 bits per heavy atom. The molecule has 0 heterocycles. The van der Waals surface area contributed by atoms with Gasteiger partial charge in [0.25, 0.3) is 5.69 Å². The lowest BCUT2D eigenvalue weighted by atomic mass is 10.1. The molecule has 6 nitrogen and oxygen atoms in total. The van der Waals surface area contributed by atoms with Crippen LogP contribution in [0.25, 0.3) is 0 Å². The Labute approximate surface area is 116 Å². The van der Waals surface area contributed by atoms with E-state index in [1.165, 1.54) is 18.2 Å². The fourth-order valence-electron chi connectivity index (χ4n) is 2.01. The van der Waals surface area contributed by atoms with E-state index in [1.807, 2.05) is 0 Å². The molecular formula is C14H14N2O4. The molecule has 1 aromatic rings. The first-order chi connectivity index (χ1) is 9.47. The summed E-state index contributed by atoms with van der Waals surface area (Å²) in [6.45, 7) is 1.81. The van der Waals surface area contributed by atoms with Crippen LogP contribution >= 0.6 is 0 Å². The van der Waals surface area contributed by atoms with Gasteiger partial charge < -0.3 is 4.74 Å². The van der Waals surface area contributed by atoms with E-state index in [9.17, 15) is 14.9 Å². The highest BCUT2D eigenvalue weighted by Crippen LogP contribution is 2.48. The van der Waals surface area contributed by atoms with Gasteiger partial charge in [0, 0.05) is 23.5 Å². The summed E-state index contributed by atoms with van der Waals surface area (Å²) in [7, 11) is 0. The molecule has 0 aromatic heterocycles. The van der Waals surface area contributed by atoms with Gasteiger partial charge in [0.15, 0.2) is 0 Å². The highest BCUT2D eigenvalue weighted by Gasteiger charge is 2.43. The average Bonchev–Trinajstić information content (AvgIpc) is 3.16. The standard InChI is InChI=1S/C14H14N2O4/c1-10-8-11(2-3-12(10)16(18)19)13(17)20-9-14(4-5-14)6-7-15/h2-3,8H,4-6,9H2,1H3. The number of esters is 1. The molecule has 1 aromatic carbocycles. The number of nitro groups is 1. The van der Waals surface area contributed by atoms with Crippen molar-refractivity contribution < 1.29 is 14.5 Å². The number of ether oxygens (including phenoxy) is 1. The van der Waals surface area contributed by atoms with Crippen LogP contribution in [0.1, 0.15) is 35.2 Å². The predicted molar refractivity (Wildman–Crippen MR) is 70.0 cm³/mol. The highest BCUT2D eigenvalue weighted by atomic mass is 16.6. The van der Waals surface area contributed by atoms with Gasteiger partial charge >= 0.3 is 5.97 Å². The summed E-state index contributed by atoms with van der Waals surface area (Å²) in [5.74, 6) is -0.507. The molecule has 1 saturated carbocycles. The highest BCUT2D eigenvalue weighted by molar-refractivity contribution is 5.90. The van der Waals surface area contributed by atoms with Gasteiger partial charge in [-0.25, -0.2) is 4.79 Å². The van der Waals surface area contributed by atoms with Crippen LogP contribution in [0, 0.1) is 33.8 Å². The maximum absolute atomic E-state index is 11.9. The van der Waals surface area contributed by atoms with Crippen molar-refractivity contribution in [2.75, 3.05) is 6.61 Å². The normalized spacial score (nSPS) is 15.2. The lowest BCUT2D eigenvalue weighted by Gasteiger charge is -2.11. The zero-order valence-corrected chi connectivity index (χ0v) is 11.1. The van der Waals surface area contributed by atoms with E-state index in [-0.39, 0.29) is 17.7 Å². The molecule has 0 amide bonds. The summed E-state index contributed by atoms with van der Waals surface area (Å²) < 4.78 is 5.20. The Kier molecular flexibility index (Phi) is 3.70. The van der Waals surface area contributed by atoms with Crippen molar-refractivity contribution in [2.24, 2.45) is 5.41 Å². The SMILES string of the molecule is Cc1cc(C(=O)OCC2(CC#N)CC2)ccc1[N+](=O)[O-]. The van der Waals surface area contributed by atoms with Crippen molar-refractivity contribution in [1.29, 1.82) is 5.26 Å². The van der Waals surface area contributed by atoms with Crippen molar-refractivity contribution in [3.8, 4) is 6.07 Å². The molecule has 0 saturated heterocycles. The van der Waals surface area contributed by atoms with Gasteiger partial charge in [-0.3, -0.25) is 10.1 Å². The first-order valence-corrected chi connectivity index (χ1v) is 6.27. The van der Waals surface area contributed by atoms with Crippen LogP contribution in [0.15, 0.2) is 18.2 Å². The second-order valence-corrected chi connectivity index (χ2v) is 5.17. The molecule has 0 bridgehead atoms. The van der Waals surface area contributed by atoms with E-state index in [1.54, 1.807) is 6.92 Å². The Morgan fingerprint density at radius 3 is 2.75 bits per heavy atom. The van der Waals surface area contributed by atoms with Crippen LogP contribution in [0.3, 0.4) is 0 Å². The third-order valence-electron chi connectivity index (χ3n) is 3.55. The first kappa shape index (κ1) is 14.0. The molecule has 0 aliphatic heterocycles. The number of aryl methyl sites for hydroxylation is 1. The third kappa shape index (κ3) is 2.94. The molecule has 0 atom stereocenters. The molecule has 1 aliphatic rings. The summed E-state index contributed by atoms with van der Waals surface area (Å²) in [5.41, 5.74) is 0.522. The minimum absolute atomic E-state index is 0.0234. The quantitative estimate of drug-likeness (QED) is 0.467. The summed E-state index contributed by atoms with van der Waals surface area (Å²) in [6.07, 6.45) is 2.18. The van der Waals surface area contributed by atoms with Crippen molar-refractivity contribution >= 4 is 11.7 Å². The summed E-state index contributed by atoms with van der Waals surface area (Å²) >= 11 is 0. The van der Waals surface area contributed by atoms with Crippen LogP contribution in [0.2, 0.25) is 0 Å². The Bertz CT molecular complexity index is 600. The van der Waals surface area contributed by atoms with Crippen LogP contribution in [0.5, 0.6) is 0 Å². The number of hydrogen-bond donors (Lipinski definition) is 0. The number of carbonyl (C=O) groups excluding carboxylic acids is 1. The molecule has 6 heteroatoms. The summed E-state index contributed by atoms with van der Waals surface area (Å²) in [5, 5.41) is 19.4. The molecule has 1 aliphatic carbocycles. The molecule has 0 unspecified atom stereocenters. The first-order valence-electron chi connectivity index (χ1n) is 6.27.